The Morgan fingerprint density at radius 3 is 2.72 bits per heavy atom. The lowest BCUT2D eigenvalue weighted by Crippen LogP contribution is -1.96. The number of anilines is 1. The SMILES string of the molecule is Cn1nc(-c2cn(C)c3cccc(F)c23)cc1N. The first-order valence-electron chi connectivity index (χ1n) is 5.61. The zero-order valence-electron chi connectivity index (χ0n) is 10.2. The molecule has 0 aliphatic heterocycles. The van der Waals surface area contributed by atoms with Gasteiger partial charge in [-0.25, -0.2) is 4.39 Å². The molecule has 4 nitrogen and oxygen atoms in total. The maximum atomic E-state index is 14.0. The van der Waals surface area contributed by atoms with Crippen molar-refractivity contribution in [3.63, 3.8) is 0 Å². The summed E-state index contributed by atoms with van der Waals surface area (Å²) >= 11 is 0. The Morgan fingerprint density at radius 2 is 2.06 bits per heavy atom. The van der Waals surface area contributed by atoms with Gasteiger partial charge >= 0.3 is 0 Å². The van der Waals surface area contributed by atoms with E-state index in [2.05, 4.69) is 5.10 Å². The van der Waals surface area contributed by atoms with E-state index in [1.54, 1.807) is 23.9 Å². The van der Waals surface area contributed by atoms with Crippen LogP contribution in [0.5, 0.6) is 0 Å². The fraction of sp³-hybridized carbons (Fsp3) is 0.154. The van der Waals surface area contributed by atoms with Gasteiger partial charge in [0.05, 0.1) is 11.2 Å². The highest BCUT2D eigenvalue weighted by Gasteiger charge is 2.15. The average Bonchev–Trinajstić information content (AvgIpc) is 2.83. The van der Waals surface area contributed by atoms with Crippen molar-refractivity contribution in [1.82, 2.24) is 14.3 Å². The molecule has 0 aliphatic rings. The zero-order chi connectivity index (χ0) is 12.9. The fourth-order valence-electron chi connectivity index (χ4n) is 2.21. The highest BCUT2D eigenvalue weighted by Crippen LogP contribution is 2.31. The molecular weight excluding hydrogens is 231 g/mol. The number of fused-ring (bicyclic) bond motifs is 1. The van der Waals surface area contributed by atoms with Gasteiger partial charge in [0.1, 0.15) is 11.6 Å². The lowest BCUT2D eigenvalue weighted by Gasteiger charge is -1.96. The molecule has 0 bridgehead atoms. The molecule has 0 spiro atoms. The Labute approximate surface area is 103 Å². The standard InChI is InChI=1S/C13H13FN4/c1-17-7-8(10-6-12(15)18(2)16-10)13-9(14)4-3-5-11(13)17/h3-7H,15H2,1-2H3. The largest absolute Gasteiger partial charge is 0.384 e. The van der Waals surface area contributed by atoms with Crippen LogP contribution in [0.3, 0.4) is 0 Å². The third-order valence-electron chi connectivity index (χ3n) is 3.16. The monoisotopic (exact) mass is 244 g/mol. The van der Waals surface area contributed by atoms with Crippen molar-refractivity contribution in [1.29, 1.82) is 0 Å². The molecule has 2 aromatic heterocycles. The van der Waals surface area contributed by atoms with Crippen LogP contribution in [0, 0.1) is 5.82 Å². The minimum atomic E-state index is -0.243. The minimum absolute atomic E-state index is 0.243. The average molecular weight is 244 g/mol. The van der Waals surface area contributed by atoms with Crippen LogP contribution in [0.2, 0.25) is 0 Å². The molecule has 5 heteroatoms. The molecule has 0 radical (unpaired) electrons. The van der Waals surface area contributed by atoms with Crippen LogP contribution in [0.1, 0.15) is 0 Å². The topological polar surface area (TPSA) is 48.8 Å². The molecule has 0 aliphatic carbocycles. The Kier molecular flexibility index (Phi) is 2.16. The second-order valence-electron chi connectivity index (χ2n) is 4.37. The third kappa shape index (κ3) is 1.40. The van der Waals surface area contributed by atoms with E-state index in [1.165, 1.54) is 6.07 Å². The summed E-state index contributed by atoms with van der Waals surface area (Å²) in [5.41, 5.74) is 8.06. The Morgan fingerprint density at radius 1 is 1.28 bits per heavy atom. The van der Waals surface area contributed by atoms with Crippen molar-refractivity contribution >= 4 is 16.7 Å². The minimum Gasteiger partial charge on any atom is -0.384 e. The molecule has 3 rings (SSSR count). The van der Waals surface area contributed by atoms with Gasteiger partial charge < -0.3 is 10.3 Å². The van der Waals surface area contributed by atoms with E-state index >= 15 is 0 Å². The molecule has 0 amide bonds. The summed E-state index contributed by atoms with van der Waals surface area (Å²) in [6.07, 6.45) is 1.87. The Bertz CT molecular complexity index is 719. The summed E-state index contributed by atoms with van der Waals surface area (Å²) in [7, 11) is 3.65. The van der Waals surface area contributed by atoms with Crippen molar-refractivity contribution in [2.45, 2.75) is 0 Å². The van der Waals surface area contributed by atoms with Gasteiger partial charge in [-0.05, 0) is 12.1 Å². The smallest absolute Gasteiger partial charge is 0.133 e. The number of hydrogen-bond acceptors (Lipinski definition) is 2. The van der Waals surface area contributed by atoms with Gasteiger partial charge in [0.25, 0.3) is 0 Å². The van der Waals surface area contributed by atoms with Gasteiger partial charge in [0, 0.05) is 37.3 Å². The molecule has 3 aromatic rings. The molecule has 2 heterocycles. The molecule has 1 aromatic carbocycles. The van der Waals surface area contributed by atoms with Gasteiger partial charge in [0.15, 0.2) is 0 Å². The zero-order valence-corrected chi connectivity index (χ0v) is 10.2. The maximum Gasteiger partial charge on any atom is 0.133 e. The summed E-state index contributed by atoms with van der Waals surface area (Å²) in [5, 5.41) is 4.88. The van der Waals surface area contributed by atoms with Crippen LogP contribution in [0.4, 0.5) is 10.2 Å². The number of nitrogens with two attached hydrogens (primary N) is 1. The number of hydrogen-bond donors (Lipinski definition) is 1. The summed E-state index contributed by atoms with van der Waals surface area (Å²) in [6, 6.07) is 6.79. The lowest BCUT2D eigenvalue weighted by molar-refractivity contribution is 0.640. The van der Waals surface area contributed by atoms with Crippen LogP contribution < -0.4 is 5.73 Å². The lowest BCUT2D eigenvalue weighted by atomic mass is 10.1. The van der Waals surface area contributed by atoms with Gasteiger partial charge in [-0.1, -0.05) is 6.07 Å². The quantitative estimate of drug-likeness (QED) is 0.714. The van der Waals surface area contributed by atoms with Crippen molar-refractivity contribution in [2.75, 3.05) is 5.73 Å². The van der Waals surface area contributed by atoms with Gasteiger partial charge in [-0.15, -0.1) is 0 Å². The molecule has 92 valence electrons. The van der Waals surface area contributed by atoms with E-state index in [4.69, 9.17) is 5.73 Å². The van der Waals surface area contributed by atoms with E-state index in [1.807, 2.05) is 23.9 Å². The summed E-state index contributed by atoms with van der Waals surface area (Å²) < 4.78 is 17.4. The van der Waals surface area contributed by atoms with Gasteiger partial charge in [-0.2, -0.15) is 5.10 Å². The van der Waals surface area contributed by atoms with Crippen molar-refractivity contribution in [3.8, 4) is 11.3 Å². The molecule has 0 saturated carbocycles. The number of benzene rings is 1. The van der Waals surface area contributed by atoms with Crippen LogP contribution in [-0.2, 0) is 14.1 Å². The Hall–Kier alpha value is -2.30. The van der Waals surface area contributed by atoms with Crippen molar-refractivity contribution < 1.29 is 4.39 Å². The van der Waals surface area contributed by atoms with E-state index in [9.17, 15) is 4.39 Å². The number of halogens is 1. The third-order valence-corrected chi connectivity index (χ3v) is 3.16. The number of rotatable bonds is 1. The van der Waals surface area contributed by atoms with Crippen LogP contribution >= 0.6 is 0 Å². The number of aryl methyl sites for hydroxylation is 2. The molecule has 0 unspecified atom stereocenters. The summed E-state index contributed by atoms with van der Waals surface area (Å²) in [4.78, 5) is 0. The maximum absolute atomic E-state index is 14.0. The van der Waals surface area contributed by atoms with Crippen LogP contribution in [0.15, 0.2) is 30.5 Å². The normalized spacial score (nSPS) is 11.3. The van der Waals surface area contributed by atoms with Crippen molar-refractivity contribution in [2.24, 2.45) is 14.1 Å². The predicted octanol–water partition coefficient (Wildman–Crippen LogP) is 2.30. The second-order valence-corrected chi connectivity index (χ2v) is 4.37. The predicted molar refractivity (Wildman–Crippen MR) is 69.5 cm³/mol. The van der Waals surface area contributed by atoms with Crippen LogP contribution in [-0.4, -0.2) is 14.3 Å². The summed E-state index contributed by atoms with van der Waals surface area (Å²) in [5.74, 6) is 0.311. The molecule has 2 N–H and O–H groups in total. The van der Waals surface area contributed by atoms with E-state index in [0.29, 0.717) is 16.9 Å². The molecule has 0 saturated heterocycles. The number of aromatic nitrogens is 3. The molecule has 0 fully saturated rings. The molecule has 0 atom stereocenters. The fourth-order valence-corrected chi connectivity index (χ4v) is 2.21. The highest BCUT2D eigenvalue weighted by atomic mass is 19.1. The molecule has 18 heavy (non-hydrogen) atoms. The van der Waals surface area contributed by atoms with Crippen molar-refractivity contribution in [3.05, 3.63) is 36.3 Å². The van der Waals surface area contributed by atoms with Gasteiger partial charge in [-0.3, -0.25) is 4.68 Å². The summed E-state index contributed by atoms with van der Waals surface area (Å²) in [6.45, 7) is 0. The highest BCUT2D eigenvalue weighted by molar-refractivity contribution is 5.95. The first-order valence-corrected chi connectivity index (χ1v) is 5.61. The number of nitrogen functional groups attached to an aromatic ring is 1. The van der Waals surface area contributed by atoms with E-state index < -0.39 is 0 Å². The molecular formula is C13H13FN4. The number of nitrogens with zero attached hydrogens (tertiary/aromatic N) is 3. The van der Waals surface area contributed by atoms with Crippen LogP contribution in [0.25, 0.3) is 22.2 Å². The first kappa shape index (κ1) is 10.8. The first-order chi connectivity index (χ1) is 8.58. The van der Waals surface area contributed by atoms with E-state index in [-0.39, 0.29) is 5.82 Å². The van der Waals surface area contributed by atoms with Gasteiger partial charge in [0.2, 0.25) is 0 Å². The van der Waals surface area contributed by atoms with E-state index in [0.717, 1.165) is 11.1 Å². The Balaban J connectivity index is 2.36. The second kappa shape index (κ2) is 3.60.